The molecule has 0 unspecified atom stereocenters. The zero-order chi connectivity index (χ0) is 10.1. The number of amides is 1. The zero-order valence-corrected chi connectivity index (χ0v) is 7.62. The van der Waals surface area contributed by atoms with Gasteiger partial charge in [0.2, 0.25) is 5.91 Å². The molecule has 74 valence electrons. The van der Waals surface area contributed by atoms with Gasteiger partial charge in [0.25, 0.3) is 0 Å². The summed E-state index contributed by atoms with van der Waals surface area (Å²) in [4.78, 5) is 23.3. The zero-order valence-electron chi connectivity index (χ0n) is 7.62. The van der Waals surface area contributed by atoms with Crippen molar-refractivity contribution in [3.05, 3.63) is 0 Å². The van der Waals surface area contributed by atoms with Gasteiger partial charge >= 0.3 is 5.97 Å². The second-order valence-corrected chi connectivity index (χ2v) is 3.47. The van der Waals surface area contributed by atoms with Crippen LogP contribution in [0, 0.1) is 0 Å². The Morgan fingerprint density at radius 1 is 1.38 bits per heavy atom. The second-order valence-electron chi connectivity index (χ2n) is 3.47. The lowest BCUT2D eigenvalue weighted by Crippen LogP contribution is -2.56. The van der Waals surface area contributed by atoms with E-state index in [1.165, 1.54) is 6.92 Å². The van der Waals surface area contributed by atoms with Crippen molar-refractivity contribution in [1.29, 1.82) is 0 Å². The fourth-order valence-corrected chi connectivity index (χ4v) is 1.43. The van der Waals surface area contributed by atoms with Gasteiger partial charge in [-0.25, -0.2) is 0 Å². The molecule has 0 aromatic rings. The maximum absolute atomic E-state index is 10.9. The van der Waals surface area contributed by atoms with E-state index < -0.39 is 11.5 Å². The molecule has 0 aliphatic carbocycles. The number of carboxylic acids is 1. The first-order valence-electron chi connectivity index (χ1n) is 4.23. The van der Waals surface area contributed by atoms with Crippen LogP contribution in [0.1, 0.15) is 19.8 Å². The molecule has 1 rings (SSSR count). The molecule has 0 bridgehead atoms. The average Bonchev–Trinajstić information content (AvgIpc) is 2.04. The molecule has 13 heavy (non-hydrogen) atoms. The molecule has 1 fully saturated rings. The Labute approximate surface area is 76.5 Å². The Balaban J connectivity index is 2.56. The van der Waals surface area contributed by atoms with Crippen LogP contribution >= 0.6 is 0 Å². The number of likely N-dealkylation sites (tertiary alicyclic amines) is 1. The molecule has 1 aliphatic heterocycles. The van der Waals surface area contributed by atoms with Crippen molar-refractivity contribution in [1.82, 2.24) is 4.90 Å². The number of carboxylic acid groups (broad SMARTS) is 1. The van der Waals surface area contributed by atoms with E-state index in [4.69, 9.17) is 10.8 Å². The minimum Gasteiger partial charge on any atom is -0.480 e. The molecule has 1 saturated heterocycles. The summed E-state index contributed by atoms with van der Waals surface area (Å²) in [6.07, 6.45) is 0.670. The molecule has 0 saturated carbocycles. The number of hydrogen-bond donors (Lipinski definition) is 2. The molecular formula is C8H14N2O3. The van der Waals surface area contributed by atoms with Crippen molar-refractivity contribution in [2.75, 3.05) is 13.1 Å². The molecule has 3 N–H and O–H groups in total. The number of piperidine rings is 1. The lowest BCUT2D eigenvalue weighted by molar-refractivity contribution is -0.147. The summed E-state index contributed by atoms with van der Waals surface area (Å²) in [6, 6.07) is 0. The number of carbonyl (C=O) groups is 2. The molecule has 0 aromatic carbocycles. The average molecular weight is 186 g/mol. The van der Waals surface area contributed by atoms with Crippen molar-refractivity contribution in [2.45, 2.75) is 25.3 Å². The third-order valence-electron chi connectivity index (χ3n) is 2.53. The van der Waals surface area contributed by atoms with Crippen LogP contribution in [0.3, 0.4) is 0 Å². The van der Waals surface area contributed by atoms with Gasteiger partial charge in [0.1, 0.15) is 5.54 Å². The van der Waals surface area contributed by atoms with Crippen LogP contribution in [0.15, 0.2) is 0 Å². The van der Waals surface area contributed by atoms with Gasteiger partial charge in [0, 0.05) is 20.0 Å². The molecule has 1 heterocycles. The Hall–Kier alpha value is -1.10. The van der Waals surface area contributed by atoms with Gasteiger partial charge < -0.3 is 15.7 Å². The van der Waals surface area contributed by atoms with Crippen LogP contribution < -0.4 is 5.73 Å². The van der Waals surface area contributed by atoms with Gasteiger partial charge in [0.15, 0.2) is 0 Å². The standard InChI is InChI=1S/C8H14N2O3/c1-6(11)10-4-2-8(9,3-5-10)7(12)13/h2-5,9H2,1H3,(H,12,13). The van der Waals surface area contributed by atoms with Crippen LogP contribution in [0.25, 0.3) is 0 Å². The number of rotatable bonds is 1. The number of nitrogens with two attached hydrogens (primary N) is 1. The van der Waals surface area contributed by atoms with E-state index in [0.717, 1.165) is 0 Å². The highest BCUT2D eigenvalue weighted by Crippen LogP contribution is 2.19. The summed E-state index contributed by atoms with van der Waals surface area (Å²) in [5.41, 5.74) is 4.49. The van der Waals surface area contributed by atoms with Gasteiger partial charge in [-0.2, -0.15) is 0 Å². The van der Waals surface area contributed by atoms with Gasteiger partial charge in [-0.1, -0.05) is 0 Å². The number of hydrogen-bond acceptors (Lipinski definition) is 3. The monoisotopic (exact) mass is 186 g/mol. The molecular weight excluding hydrogens is 172 g/mol. The summed E-state index contributed by atoms with van der Waals surface area (Å²) in [6.45, 7) is 2.36. The van der Waals surface area contributed by atoms with E-state index in [2.05, 4.69) is 0 Å². The fraction of sp³-hybridized carbons (Fsp3) is 0.750. The number of carbonyl (C=O) groups excluding carboxylic acids is 1. The third kappa shape index (κ3) is 1.98. The number of aliphatic carboxylic acids is 1. The Kier molecular flexibility index (Phi) is 2.56. The van der Waals surface area contributed by atoms with E-state index in [0.29, 0.717) is 25.9 Å². The Morgan fingerprint density at radius 2 is 1.85 bits per heavy atom. The minimum atomic E-state index is -1.13. The van der Waals surface area contributed by atoms with Gasteiger partial charge in [-0.3, -0.25) is 9.59 Å². The first-order chi connectivity index (χ1) is 5.96. The third-order valence-corrected chi connectivity index (χ3v) is 2.53. The van der Waals surface area contributed by atoms with Crippen LogP contribution in [0.5, 0.6) is 0 Å². The van der Waals surface area contributed by atoms with E-state index in [9.17, 15) is 9.59 Å². The molecule has 0 aromatic heterocycles. The van der Waals surface area contributed by atoms with Crippen molar-refractivity contribution < 1.29 is 14.7 Å². The maximum Gasteiger partial charge on any atom is 0.323 e. The topological polar surface area (TPSA) is 83.6 Å². The Morgan fingerprint density at radius 3 is 2.15 bits per heavy atom. The van der Waals surface area contributed by atoms with E-state index in [1.54, 1.807) is 4.90 Å². The van der Waals surface area contributed by atoms with Gasteiger partial charge in [-0.15, -0.1) is 0 Å². The molecule has 0 spiro atoms. The van der Waals surface area contributed by atoms with Crippen LogP contribution in [0.2, 0.25) is 0 Å². The molecule has 0 atom stereocenters. The summed E-state index contributed by atoms with van der Waals surface area (Å²) in [5.74, 6) is -0.997. The van der Waals surface area contributed by atoms with Crippen LogP contribution in [-0.4, -0.2) is 40.5 Å². The quantitative estimate of drug-likeness (QED) is 0.573. The largest absolute Gasteiger partial charge is 0.480 e. The van der Waals surface area contributed by atoms with E-state index in [-0.39, 0.29) is 5.91 Å². The lowest BCUT2D eigenvalue weighted by Gasteiger charge is -2.35. The molecule has 0 radical (unpaired) electrons. The van der Waals surface area contributed by atoms with Crippen molar-refractivity contribution in [3.8, 4) is 0 Å². The minimum absolute atomic E-state index is 0.0209. The van der Waals surface area contributed by atoms with Crippen molar-refractivity contribution in [2.24, 2.45) is 5.73 Å². The second kappa shape index (κ2) is 3.33. The molecule has 1 amide bonds. The highest BCUT2D eigenvalue weighted by molar-refractivity contribution is 5.79. The van der Waals surface area contributed by atoms with Gasteiger partial charge in [0.05, 0.1) is 0 Å². The Bertz CT molecular complexity index is 232. The fourth-order valence-electron chi connectivity index (χ4n) is 1.43. The van der Waals surface area contributed by atoms with Crippen molar-refractivity contribution in [3.63, 3.8) is 0 Å². The normalized spacial score (nSPS) is 21.2. The molecule has 5 nitrogen and oxygen atoms in total. The first kappa shape index (κ1) is 9.98. The van der Waals surface area contributed by atoms with Crippen LogP contribution in [-0.2, 0) is 9.59 Å². The summed E-state index contributed by atoms with van der Waals surface area (Å²) in [7, 11) is 0. The smallest absolute Gasteiger partial charge is 0.323 e. The van der Waals surface area contributed by atoms with Gasteiger partial charge in [-0.05, 0) is 12.8 Å². The maximum atomic E-state index is 10.9. The van der Waals surface area contributed by atoms with Crippen molar-refractivity contribution >= 4 is 11.9 Å². The first-order valence-corrected chi connectivity index (χ1v) is 4.23. The predicted molar refractivity (Wildman–Crippen MR) is 46.0 cm³/mol. The SMILES string of the molecule is CC(=O)N1CCC(N)(C(=O)O)CC1. The van der Waals surface area contributed by atoms with E-state index in [1.807, 2.05) is 0 Å². The highest BCUT2D eigenvalue weighted by atomic mass is 16.4. The van der Waals surface area contributed by atoms with E-state index >= 15 is 0 Å². The summed E-state index contributed by atoms with van der Waals surface area (Å²) < 4.78 is 0. The van der Waals surface area contributed by atoms with Crippen LogP contribution in [0.4, 0.5) is 0 Å². The molecule has 1 aliphatic rings. The lowest BCUT2D eigenvalue weighted by atomic mass is 9.89. The summed E-state index contributed by atoms with van der Waals surface area (Å²) in [5, 5.41) is 8.79. The summed E-state index contributed by atoms with van der Waals surface area (Å²) >= 11 is 0. The highest BCUT2D eigenvalue weighted by Gasteiger charge is 2.38. The number of nitrogens with zero attached hydrogens (tertiary/aromatic N) is 1. The molecule has 5 heteroatoms. The predicted octanol–water partition coefficient (Wildman–Crippen LogP) is -0.589.